The number of fused-ring (bicyclic) bond motifs is 1. The number of carboxylic acids is 1. The highest BCUT2D eigenvalue weighted by atomic mass is 19.1. The van der Waals surface area contributed by atoms with Crippen LogP contribution in [0.15, 0.2) is 60.8 Å². The van der Waals surface area contributed by atoms with Crippen LogP contribution in [-0.4, -0.2) is 37.7 Å². The number of rotatable bonds is 8. The molecule has 0 amide bonds. The van der Waals surface area contributed by atoms with Gasteiger partial charge in [0.15, 0.2) is 0 Å². The lowest BCUT2D eigenvalue weighted by Crippen LogP contribution is -2.03. The third-order valence-corrected chi connectivity index (χ3v) is 6.32. The van der Waals surface area contributed by atoms with Crippen molar-refractivity contribution >= 4 is 17.0 Å². The first kappa shape index (κ1) is 26.2. The standard InChI is InChI=1S/C29H21F2N5O4/c1-36-24-9-18(29(37)38)10-25(39-2)28(24)35-26(36)11-17-8-22(31)20(12-21(17)30)23-4-3-5-27(34-23)40-15-19-7-6-16(13-32)14-33-19/h3-10,12,14H,11,15H2,1-2H3,(H,37,38). The van der Waals surface area contributed by atoms with Crippen molar-refractivity contribution in [3.8, 4) is 29.0 Å². The van der Waals surface area contributed by atoms with Crippen molar-refractivity contribution in [2.45, 2.75) is 13.0 Å². The largest absolute Gasteiger partial charge is 0.494 e. The van der Waals surface area contributed by atoms with E-state index in [1.54, 1.807) is 41.9 Å². The molecule has 0 radical (unpaired) electrons. The van der Waals surface area contributed by atoms with Gasteiger partial charge in [0.2, 0.25) is 5.88 Å². The van der Waals surface area contributed by atoms with Gasteiger partial charge in [-0.3, -0.25) is 4.98 Å². The number of methoxy groups -OCH3 is 1. The summed E-state index contributed by atoms with van der Waals surface area (Å²) >= 11 is 0. The number of aryl methyl sites for hydroxylation is 1. The van der Waals surface area contributed by atoms with Crippen molar-refractivity contribution in [2.75, 3.05) is 7.11 Å². The highest BCUT2D eigenvalue weighted by molar-refractivity contribution is 5.95. The van der Waals surface area contributed by atoms with Gasteiger partial charge in [-0.25, -0.2) is 23.5 Å². The Morgan fingerprint density at radius 1 is 1.10 bits per heavy atom. The number of benzene rings is 2. The van der Waals surface area contributed by atoms with Gasteiger partial charge in [-0.15, -0.1) is 0 Å². The molecule has 5 rings (SSSR count). The normalized spacial score (nSPS) is 10.9. The van der Waals surface area contributed by atoms with Crippen molar-refractivity contribution < 1.29 is 28.2 Å². The maximum absolute atomic E-state index is 15.2. The second-order valence-electron chi connectivity index (χ2n) is 8.84. The van der Waals surface area contributed by atoms with Gasteiger partial charge < -0.3 is 19.1 Å². The monoisotopic (exact) mass is 541 g/mol. The third-order valence-electron chi connectivity index (χ3n) is 6.32. The Labute approximate surface area is 226 Å². The molecule has 0 aliphatic carbocycles. The van der Waals surface area contributed by atoms with Gasteiger partial charge in [0.05, 0.1) is 35.1 Å². The number of pyridine rings is 2. The van der Waals surface area contributed by atoms with E-state index in [1.807, 2.05) is 6.07 Å². The van der Waals surface area contributed by atoms with Crippen LogP contribution in [0.2, 0.25) is 0 Å². The Morgan fingerprint density at radius 2 is 1.93 bits per heavy atom. The summed E-state index contributed by atoms with van der Waals surface area (Å²) in [5, 5.41) is 18.3. The third kappa shape index (κ3) is 5.15. The number of carboxylic acid groups (broad SMARTS) is 1. The quantitative estimate of drug-likeness (QED) is 0.289. The lowest BCUT2D eigenvalue weighted by molar-refractivity contribution is 0.0696. The van der Waals surface area contributed by atoms with Crippen LogP contribution in [0.4, 0.5) is 8.78 Å². The Bertz CT molecular complexity index is 1800. The molecule has 0 spiro atoms. The minimum Gasteiger partial charge on any atom is -0.494 e. The number of nitriles is 1. The molecule has 0 atom stereocenters. The first-order valence-electron chi connectivity index (χ1n) is 12.0. The Kier molecular flexibility index (Phi) is 7.07. The van der Waals surface area contributed by atoms with Gasteiger partial charge in [-0.2, -0.15) is 5.26 Å². The fourth-order valence-electron chi connectivity index (χ4n) is 4.20. The second-order valence-corrected chi connectivity index (χ2v) is 8.84. The zero-order valence-electron chi connectivity index (χ0n) is 21.4. The molecule has 1 N–H and O–H groups in total. The molecule has 0 saturated heterocycles. The summed E-state index contributed by atoms with van der Waals surface area (Å²) in [7, 11) is 3.07. The van der Waals surface area contributed by atoms with Crippen molar-refractivity contribution in [1.82, 2.24) is 19.5 Å². The van der Waals surface area contributed by atoms with Crippen LogP contribution in [0.5, 0.6) is 11.6 Å². The van der Waals surface area contributed by atoms with Crippen molar-refractivity contribution in [3.05, 3.63) is 101 Å². The zero-order valence-corrected chi connectivity index (χ0v) is 21.4. The van der Waals surface area contributed by atoms with E-state index in [4.69, 9.17) is 14.7 Å². The van der Waals surface area contributed by atoms with E-state index < -0.39 is 17.6 Å². The summed E-state index contributed by atoms with van der Waals surface area (Å²) in [5.74, 6) is -1.60. The highest BCUT2D eigenvalue weighted by Crippen LogP contribution is 2.30. The topological polar surface area (TPSA) is 123 Å². The molecular weight excluding hydrogens is 520 g/mol. The van der Waals surface area contributed by atoms with Crippen molar-refractivity contribution in [3.63, 3.8) is 0 Å². The molecule has 3 aromatic heterocycles. The summed E-state index contributed by atoms with van der Waals surface area (Å²) in [6.07, 6.45) is 1.38. The molecule has 9 nitrogen and oxygen atoms in total. The van der Waals surface area contributed by atoms with Gasteiger partial charge in [0, 0.05) is 31.3 Å². The second kappa shape index (κ2) is 10.8. The van der Waals surface area contributed by atoms with Gasteiger partial charge in [0.1, 0.15) is 41.4 Å². The highest BCUT2D eigenvalue weighted by Gasteiger charge is 2.19. The van der Waals surface area contributed by atoms with Crippen LogP contribution in [0, 0.1) is 23.0 Å². The van der Waals surface area contributed by atoms with Gasteiger partial charge >= 0.3 is 5.97 Å². The first-order valence-corrected chi connectivity index (χ1v) is 12.0. The van der Waals surface area contributed by atoms with Crippen molar-refractivity contribution in [1.29, 1.82) is 5.26 Å². The summed E-state index contributed by atoms with van der Waals surface area (Å²) in [6.45, 7) is 0.0781. The molecule has 40 heavy (non-hydrogen) atoms. The lowest BCUT2D eigenvalue weighted by Gasteiger charge is -2.10. The minimum absolute atomic E-state index is 0.0207. The molecule has 0 fully saturated rings. The van der Waals surface area contributed by atoms with Crippen LogP contribution in [0.25, 0.3) is 22.3 Å². The maximum atomic E-state index is 15.2. The number of hydrogen-bond acceptors (Lipinski definition) is 7. The molecule has 3 heterocycles. The zero-order chi connectivity index (χ0) is 28.4. The van der Waals surface area contributed by atoms with Gasteiger partial charge in [-0.05, 0) is 48.0 Å². The van der Waals surface area contributed by atoms with Crippen LogP contribution in [0.3, 0.4) is 0 Å². The number of halogens is 2. The summed E-state index contributed by atoms with van der Waals surface area (Å²) in [6, 6.07) is 15.0. The SMILES string of the molecule is COc1cc(C(=O)O)cc2c1nc(Cc1cc(F)c(-c3cccc(OCc4ccc(C#N)cn4)n3)cc1F)n2C. The van der Waals surface area contributed by atoms with Crippen LogP contribution in [0.1, 0.15) is 33.0 Å². The number of ether oxygens (including phenoxy) is 2. The summed E-state index contributed by atoms with van der Waals surface area (Å²) in [4.78, 5) is 24.4. The van der Waals surface area contributed by atoms with Crippen LogP contribution in [-0.2, 0) is 20.1 Å². The number of aromatic carboxylic acids is 1. The Hall–Kier alpha value is -5.37. The van der Waals surface area contributed by atoms with Crippen LogP contribution < -0.4 is 9.47 Å². The number of hydrogen-bond donors (Lipinski definition) is 1. The molecular formula is C29H21F2N5O4. The molecule has 0 saturated carbocycles. The van der Waals surface area contributed by atoms with Crippen molar-refractivity contribution in [2.24, 2.45) is 7.05 Å². The van der Waals surface area contributed by atoms with E-state index in [1.165, 1.54) is 25.4 Å². The van der Waals surface area contributed by atoms with E-state index in [0.29, 0.717) is 28.1 Å². The molecule has 200 valence electrons. The van der Waals surface area contributed by atoms with Crippen LogP contribution >= 0.6 is 0 Å². The number of aromatic nitrogens is 4. The van der Waals surface area contributed by atoms with E-state index in [-0.39, 0.29) is 47.0 Å². The van der Waals surface area contributed by atoms with Gasteiger partial charge in [0.25, 0.3) is 0 Å². The average molecular weight is 542 g/mol. The lowest BCUT2D eigenvalue weighted by atomic mass is 10.0. The molecule has 11 heteroatoms. The fourth-order valence-corrected chi connectivity index (χ4v) is 4.20. The summed E-state index contributed by atoms with van der Waals surface area (Å²) < 4.78 is 43.1. The molecule has 2 aromatic carbocycles. The molecule has 5 aromatic rings. The summed E-state index contributed by atoms with van der Waals surface area (Å²) in [5.41, 5.74) is 2.13. The van der Waals surface area contributed by atoms with E-state index in [2.05, 4.69) is 15.0 Å². The van der Waals surface area contributed by atoms with E-state index in [0.717, 1.165) is 12.1 Å². The van der Waals surface area contributed by atoms with E-state index >= 15 is 8.78 Å². The molecule has 0 bridgehead atoms. The number of nitrogens with zero attached hydrogens (tertiary/aromatic N) is 5. The smallest absolute Gasteiger partial charge is 0.335 e. The number of carbonyl (C=O) groups is 1. The Balaban J connectivity index is 1.40. The maximum Gasteiger partial charge on any atom is 0.335 e. The minimum atomic E-state index is -1.12. The average Bonchev–Trinajstić information content (AvgIpc) is 3.28. The van der Waals surface area contributed by atoms with E-state index in [9.17, 15) is 9.90 Å². The first-order chi connectivity index (χ1) is 19.3. The predicted molar refractivity (Wildman–Crippen MR) is 140 cm³/mol. The predicted octanol–water partition coefficient (Wildman–Crippen LogP) is 5.06. The molecule has 0 unspecified atom stereocenters. The van der Waals surface area contributed by atoms with Gasteiger partial charge in [-0.1, -0.05) is 6.07 Å². The molecule has 0 aliphatic rings. The number of imidazole rings is 1. The fraction of sp³-hybridized carbons (Fsp3) is 0.138. The Morgan fingerprint density at radius 3 is 2.62 bits per heavy atom. The molecule has 0 aliphatic heterocycles.